The number of anilines is 1. The lowest BCUT2D eigenvalue weighted by atomic mass is 10.2. The van der Waals surface area contributed by atoms with E-state index in [1.807, 2.05) is 0 Å². The number of rotatable bonds is 5. The van der Waals surface area contributed by atoms with Crippen LogP contribution in [-0.4, -0.2) is 48.6 Å². The van der Waals surface area contributed by atoms with Crippen LogP contribution >= 0.6 is 0 Å². The normalized spacial score (nSPS) is 20.0. The number of hydrogen-bond acceptors (Lipinski definition) is 6. The highest BCUT2D eigenvalue weighted by Gasteiger charge is 2.21. The molecule has 18 heavy (non-hydrogen) atoms. The van der Waals surface area contributed by atoms with E-state index in [1.54, 1.807) is 6.92 Å². The summed E-state index contributed by atoms with van der Waals surface area (Å²) in [5.41, 5.74) is 0.208. The maximum Gasteiger partial charge on any atom is 0.360 e. The van der Waals surface area contributed by atoms with Crippen LogP contribution in [0.25, 0.3) is 0 Å². The molecule has 0 spiro atoms. The van der Waals surface area contributed by atoms with Gasteiger partial charge in [-0.15, -0.1) is 0 Å². The summed E-state index contributed by atoms with van der Waals surface area (Å²) in [5.74, 6) is -0.452. The molecule has 0 bridgehead atoms. The SMILES string of the molecule is CCOC(=O)c1coc(NCC2CCCN2C)n1. The maximum absolute atomic E-state index is 11.4. The van der Waals surface area contributed by atoms with E-state index in [-0.39, 0.29) is 5.69 Å². The molecule has 1 atom stereocenters. The summed E-state index contributed by atoms with van der Waals surface area (Å²) in [6.45, 7) is 4.00. The van der Waals surface area contributed by atoms with Gasteiger partial charge in [0.15, 0.2) is 5.69 Å². The predicted molar refractivity (Wildman–Crippen MR) is 66.6 cm³/mol. The predicted octanol–water partition coefficient (Wildman–Crippen LogP) is 1.36. The minimum atomic E-state index is -0.452. The number of nitrogens with one attached hydrogen (secondary N) is 1. The van der Waals surface area contributed by atoms with E-state index < -0.39 is 5.97 Å². The van der Waals surface area contributed by atoms with E-state index >= 15 is 0 Å². The summed E-state index contributed by atoms with van der Waals surface area (Å²) in [6.07, 6.45) is 3.72. The largest absolute Gasteiger partial charge is 0.461 e. The first-order valence-electron chi connectivity index (χ1n) is 6.27. The van der Waals surface area contributed by atoms with Gasteiger partial charge in [0, 0.05) is 12.6 Å². The number of carbonyl (C=O) groups excluding carboxylic acids is 1. The number of carbonyl (C=O) groups is 1. The van der Waals surface area contributed by atoms with Crippen molar-refractivity contribution in [1.29, 1.82) is 0 Å². The van der Waals surface area contributed by atoms with Crippen LogP contribution in [0, 0.1) is 0 Å². The molecule has 0 amide bonds. The van der Waals surface area contributed by atoms with Gasteiger partial charge in [-0.3, -0.25) is 0 Å². The Bertz CT molecular complexity index is 405. The molecule has 6 nitrogen and oxygen atoms in total. The molecule has 1 fully saturated rings. The number of likely N-dealkylation sites (N-methyl/N-ethyl adjacent to an activating group) is 1. The average Bonchev–Trinajstić information content (AvgIpc) is 2.96. The molecule has 0 aromatic carbocycles. The van der Waals surface area contributed by atoms with E-state index in [9.17, 15) is 4.79 Å². The molecule has 1 saturated heterocycles. The third-order valence-corrected chi connectivity index (χ3v) is 3.15. The second kappa shape index (κ2) is 5.86. The van der Waals surface area contributed by atoms with Gasteiger partial charge in [-0.25, -0.2) is 4.79 Å². The fourth-order valence-corrected chi connectivity index (χ4v) is 2.10. The zero-order valence-corrected chi connectivity index (χ0v) is 10.8. The van der Waals surface area contributed by atoms with Gasteiger partial charge >= 0.3 is 5.97 Å². The summed E-state index contributed by atoms with van der Waals surface area (Å²) >= 11 is 0. The standard InChI is InChI=1S/C12H19N3O3/c1-3-17-11(16)10-8-18-12(14-10)13-7-9-5-4-6-15(9)2/h8-9H,3-7H2,1-2H3,(H,13,14). The third kappa shape index (κ3) is 3.01. The molecular formula is C12H19N3O3. The van der Waals surface area contributed by atoms with Crippen LogP contribution in [0.1, 0.15) is 30.3 Å². The van der Waals surface area contributed by atoms with Crippen LogP contribution in [-0.2, 0) is 4.74 Å². The minimum Gasteiger partial charge on any atom is -0.461 e. The number of esters is 1. The number of ether oxygens (including phenoxy) is 1. The van der Waals surface area contributed by atoms with Crippen molar-refractivity contribution in [2.45, 2.75) is 25.8 Å². The molecule has 100 valence electrons. The third-order valence-electron chi connectivity index (χ3n) is 3.15. The van der Waals surface area contributed by atoms with E-state index in [2.05, 4.69) is 22.2 Å². The zero-order chi connectivity index (χ0) is 13.0. The molecular weight excluding hydrogens is 234 g/mol. The fraction of sp³-hybridized carbons (Fsp3) is 0.667. The lowest BCUT2D eigenvalue weighted by molar-refractivity contribution is 0.0519. The summed E-state index contributed by atoms with van der Waals surface area (Å²) in [6, 6.07) is 0.876. The molecule has 0 saturated carbocycles. The molecule has 2 rings (SSSR count). The number of oxazole rings is 1. The molecule has 1 aliphatic heterocycles. The van der Waals surface area contributed by atoms with E-state index in [4.69, 9.17) is 9.15 Å². The summed E-state index contributed by atoms with van der Waals surface area (Å²) in [4.78, 5) is 17.7. The van der Waals surface area contributed by atoms with Crippen molar-refractivity contribution in [2.24, 2.45) is 0 Å². The van der Waals surface area contributed by atoms with Gasteiger partial charge in [0.05, 0.1) is 6.61 Å². The van der Waals surface area contributed by atoms with Gasteiger partial charge in [0.25, 0.3) is 6.01 Å². The van der Waals surface area contributed by atoms with Crippen molar-refractivity contribution in [2.75, 3.05) is 32.1 Å². The Morgan fingerprint density at radius 1 is 1.72 bits per heavy atom. The van der Waals surface area contributed by atoms with Crippen LogP contribution in [0.4, 0.5) is 6.01 Å². The number of aromatic nitrogens is 1. The van der Waals surface area contributed by atoms with Crippen LogP contribution in [0.2, 0.25) is 0 Å². The minimum absolute atomic E-state index is 0.208. The molecule has 1 N–H and O–H groups in total. The van der Waals surface area contributed by atoms with Crippen LogP contribution in [0.3, 0.4) is 0 Å². The maximum atomic E-state index is 11.4. The van der Waals surface area contributed by atoms with Gasteiger partial charge in [0.2, 0.25) is 0 Å². The Hall–Kier alpha value is -1.56. The first kappa shape index (κ1) is 12.9. The first-order valence-corrected chi connectivity index (χ1v) is 6.27. The second-order valence-electron chi connectivity index (χ2n) is 4.42. The number of hydrogen-bond donors (Lipinski definition) is 1. The van der Waals surface area contributed by atoms with Crippen LogP contribution in [0.15, 0.2) is 10.7 Å². The molecule has 1 aromatic heterocycles. The molecule has 1 aromatic rings. The monoisotopic (exact) mass is 253 g/mol. The lowest BCUT2D eigenvalue weighted by Gasteiger charge is -2.18. The first-order chi connectivity index (χ1) is 8.70. The van der Waals surface area contributed by atoms with Gasteiger partial charge in [-0.1, -0.05) is 0 Å². The Labute approximate surface area is 106 Å². The highest BCUT2D eigenvalue weighted by Crippen LogP contribution is 2.16. The van der Waals surface area contributed by atoms with Crippen molar-refractivity contribution >= 4 is 12.0 Å². The fourth-order valence-electron chi connectivity index (χ4n) is 2.10. The molecule has 2 heterocycles. The van der Waals surface area contributed by atoms with Gasteiger partial charge in [0.1, 0.15) is 6.26 Å². The Morgan fingerprint density at radius 2 is 2.56 bits per heavy atom. The van der Waals surface area contributed by atoms with Gasteiger partial charge in [-0.05, 0) is 33.4 Å². The topological polar surface area (TPSA) is 67.6 Å². The van der Waals surface area contributed by atoms with E-state index in [0.29, 0.717) is 18.7 Å². The molecule has 6 heteroatoms. The van der Waals surface area contributed by atoms with Crippen molar-refractivity contribution in [3.8, 4) is 0 Å². The highest BCUT2D eigenvalue weighted by atomic mass is 16.5. The second-order valence-corrected chi connectivity index (χ2v) is 4.42. The zero-order valence-electron chi connectivity index (χ0n) is 10.8. The Kier molecular flexibility index (Phi) is 4.19. The molecule has 0 radical (unpaired) electrons. The quantitative estimate of drug-likeness (QED) is 0.799. The summed E-state index contributed by atoms with van der Waals surface area (Å²) in [5, 5.41) is 3.11. The number of likely N-dealkylation sites (tertiary alicyclic amines) is 1. The lowest BCUT2D eigenvalue weighted by Crippen LogP contribution is -2.31. The number of nitrogens with zero attached hydrogens (tertiary/aromatic N) is 2. The van der Waals surface area contributed by atoms with Crippen molar-refractivity contribution in [3.05, 3.63) is 12.0 Å². The van der Waals surface area contributed by atoms with Crippen LogP contribution in [0.5, 0.6) is 0 Å². The summed E-state index contributed by atoms with van der Waals surface area (Å²) in [7, 11) is 2.11. The Morgan fingerprint density at radius 3 is 3.22 bits per heavy atom. The molecule has 1 unspecified atom stereocenters. The highest BCUT2D eigenvalue weighted by molar-refractivity contribution is 5.87. The summed E-state index contributed by atoms with van der Waals surface area (Å²) < 4.78 is 10.0. The van der Waals surface area contributed by atoms with Gasteiger partial charge in [-0.2, -0.15) is 4.98 Å². The van der Waals surface area contributed by atoms with Crippen molar-refractivity contribution in [1.82, 2.24) is 9.88 Å². The smallest absolute Gasteiger partial charge is 0.360 e. The van der Waals surface area contributed by atoms with E-state index in [0.717, 1.165) is 13.1 Å². The average molecular weight is 253 g/mol. The van der Waals surface area contributed by atoms with E-state index in [1.165, 1.54) is 19.1 Å². The van der Waals surface area contributed by atoms with Crippen molar-refractivity contribution in [3.63, 3.8) is 0 Å². The molecule has 0 aliphatic carbocycles. The van der Waals surface area contributed by atoms with Crippen molar-refractivity contribution < 1.29 is 13.9 Å². The van der Waals surface area contributed by atoms with Crippen LogP contribution < -0.4 is 5.32 Å². The molecule has 1 aliphatic rings. The Balaban J connectivity index is 1.85. The van der Waals surface area contributed by atoms with Gasteiger partial charge < -0.3 is 19.4 Å².